The molecular weight excluding hydrogens is 404 g/mol. The Balaban J connectivity index is 1.79. The number of rotatable bonds is 13. The lowest BCUT2D eigenvalue weighted by atomic mass is 10.1. The molecule has 2 N–H and O–H groups in total. The first-order valence-corrected chi connectivity index (χ1v) is 11.0. The van der Waals surface area contributed by atoms with Crippen molar-refractivity contribution in [2.45, 2.75) is 32.8 Å². The average molecular weight is 437 g/mol. The fourth-order valence-corrected chi connectivity index (χ4v) is 3.24. The molecule has 1 atom stereocenters. The van der Waals surface area contributed by atoms with Crippen LogP contribution in [0.3, 0.4) is 0 Å². The molecule has 7 heteroatoms. The van der Waals surface area contributed by atoms with Gasteiger partial charge in [0.05, 0.1) is 18.4 Å². The van der Waals surface area contributed by atoms with Crippen LogP contribution in [0.2, 0.25) is 0 Å². The van der Waals surface area contributed by atoms with E-state index in [1.54, 1.807) is 4.68 Å². The lowest BCUT2D eigenvalue weighted by Gasteiger charge is -2.13. The van der Waals surface area contributed by atoms with Crippen LogP contribution in [-0.4, -0.2) is 52.3 Å². The molecule has 3 rings (SSSR count). The lowest BCUT2D eigenvalue weighted by molar-refractivity contribution is 0.106. The highest BCUT2D eigenvalue weighted by atomic mass is 16.5. The maximum atomic E-state index is 10.0. The zero-order valence-electron chi connectivity index (χ0n) is 18.8. The maximum Gasteiger partial charge on any atom is 0.336 e. The predicted molar refractivity (Wildman–Crippen MR) is 127 cm³/mol. The first-order chi connectivity index (χ1) is 15.6. The summed E-state index contributed by atoms with van der Waals surface area (Å²) in [5.41, 5.74) is 3.89. The van der Waals surface area contributed by atoms with Crippen LogP contribution in [0.4, 0.5) is 5.69 Å². The fourth-order valence-electron chi connectivity index (χ4n) is 3.24. The Hall–Kier alpha value is -3.16. The monoisotopic (exact) mass is 436 g/mol. The van der Waals surface area contributed by atoms with Gasteiger partial charge in [-0.15, -0.1) is 11.7 Å². The number of benzene rings is 2. The molecule has 32 heavy (non-hydrogen) atoms. The number of aliphatic hydroxyl groups is 1. The van der Waals surface area contributed by atoms with Crippen LogP contribution in [0.15, 0.2) is 61.2 Å². The fraction of sp³-hybridized carbons (Fsp3) is 0.360. The topological polar surface area (TPSA) is 81.4 Å². The molecule has 3 aromatic rings. The molecule has 0 fully saturated rings. The number of nitrogens with one attached hydrogen (secondary N) is 1. The van der Waals surface area contributed by atoms with Gasteiger partial charge in [-0.25, -0.2) is 4.68 Å². The van der Waals surface area contributed by atoms with Crippen LogP contribution in [0.1, 0.15) is 25.3 Å². The van der Waals surface area contributed by atoms with E-state index in [0.29, 0.717) is 38.8 Å². The number of allylic oxidation sites excluding steroid dienone is 1. The van der Waals surface area contributed by atoms with Crippen molar-refractivity contribution >= 4 is 5.69 Å². The summed E-state index contributed by atoms with van der Waals surface area (Å²) in [6.45, 7) is 9.70. The Kier molecular flexibility index (Phi) is 8.83. The summed E-state index contributed by atoms with van der Waals surface area (Å²) in [5, 5.41) is 17.9. The van der Waals surface area contributed by atoms with Crippen LogP contribution in [-0.2, 0) is 4.74 Å². The number of aromatic nitrogens is 3. The molecule has 0 aliphatic carbocycles. The maximum absolute atomic E-state index is 10.0. The summed E-state index contributed by atoms with van der Waals surface area (Å²) >= 11 is 0. The summed E-state index contributed by atoms with van der Waals surface area (Å²) in [5.74, 6) is 0.718. The quantitative estimate of drug-likeness (QED) is 0.305. The third-order valence-electron chi connectivity index (χ3n) is 4.99. The van der Waals surface area contributed by atoms with E-state index in [0.717, 1.165) is 34.7 Å². The summed E-state index contributed by atoms with van der Waals surface area (Å²) in [4.78, 5) is 4.64. The van der Waals surface area contributed by atoms with Gasteiger partial charge in [-0.3, -0.25) is 0 Å². The summed E-state index contributed by atoms with van der Waals surface area (Å²) in [6.07, 6.45) is 2.90. The molecule has 0 radical (unpaired) electrons. The number of hydrogen-bond acceptors (Lipinski definition) is 6. The van der Waals surface area contributed by atoms with Crippen molar-refractivity contribution in [2.75, 3.05) is 31.7 Å². The zero-order valence-corrected chi connectivity index (χ0v) is 18.8. The largest absolute Gasteiger partial charge is 0.460 e. The molecule has 0 aliphatic rings. The number of ether oxygens (including phenoxy) is 2. The number of anilines is 1. The van der Waals surface area contributed by atoms with Gasteiger partial charge >= 0.3 is 6.01 Å². The Morgan fingerprint density at radius 2 is 1.94 bits per heavy atom. The average Bonchev–Trinajstić information content (AvgIpc) is 3.23. The van der Waals surface area contributed by atoms with Crippen LogP contribution < -0.4 is 10.1 Å². The first-order valence-electron chi connectivity index (χ1n) is 11.0. The normalized spacial score (nSPS) is 11.8. The standard InChI is InChI=1S/C25H32N4O3/c1-4-6-10-22(30)18-26-20-12-14-21(15-13-20)29-24(23-11-8-7-9-19(23)3)27-25(28-29)32-17-16-31-5-2/h4,7-9,11-15,22,26,30H,1,5-6,10,16-18H2,2-3H3/t22-/m0/s1. The molecule has 0 aliphatic heterocycles. The highest BCUT2D eigenvalue weighted by molar-refractivity contribution is 5.63. The van der Waals surface area contributed by atoms with Crippen LogP contribution in [0, 0.1) is 6.92 Å². The van der Waals surface area contributed by atoms with Gasteiger partial charge in [0.1, 0.15) is 6.61 Å². The molecule has 7 nitrogen and oxygen atoms in total. The molecule has 1 aromatic heterocycles. The minimum absolute atomic E-state index is 0.315. The molecule has 2 aromatic carbocycles. The van der Waals surface area contributed by atoms with E-state index in [4.69, 9.17) is 9.47 Å². The Bertz CT molecular complexity index is 985. The summed E-state index contributed by atoms with van der Waals surface area (Å²) in [7, 11) is 0. The SMILES string of the molecule is C=CCC[C@H](O)CNc1ccc(-n2nc(OCCOCC)nc2-c2ccccc2C)cc1. The smallest absolute Gasteiger partial charge is 0.336 e. The molecule has 0 amide bonds. The molecule has 0 bridgehead atoms. The van der Waals surface area contributed by atoms with Gasteiger partial charge in [0.25, 0.3) is 0 Å². The Morgan fingerprint density at radius 3 is 2.66 bits per heavy atom. The van der Waals surface area contributed by atoms with Crippen molar-refractivity contribution < 1.29 is 14.6 Å². The molecule has 0 saturated heterocycles. The highest BCUT2D eigenvalue weighted by Gasteiger charge is 2.16. The van der Waals surface area contributed by atoms with Crippen molar-refractivity contribution in [3.8, 4) is 23.1 Å². The number of aryl methyl sites for hydroxylation is 1. The van der Waals surface area contributed by atoms with E-state index >= 15 is 0 Å². The molecule has 0 spiro atoms. The second kappa shape index (κ2) is 12.0. The van der Waals surface area contributed by atoms with Gasteiger partial charge in [-0.1, -0.05) is 30.3 Å². The van der Waals surface area contributed by atoms with Gasteiger partial charge < -0.3 is 19.9 Å². The lowest BCUT2D eigenvalue weighted by Crippen LogP contribution is -2.19. The minimum atomic E-state index is -0.410. The van der Waals surface area contributed by atoms with Crippen molar-refractivity contribution in [2.24, 2.45) is 0 Å². The van der Waals surface area contributed by atoms with Crippen LogP contribution >= 0.6 is 0 Å². The second-order valence-electron chi connectivity index (χ2n) is 7.44. The van der Waals surface area contributed by atoms with E-state index in [1.807, 2.05) is 55.5 Å². The van der Waals surface area contributed by atoms with Crippen molar-refractivity contribution in [1.82, 2.24) is 14.8 Å². The van der Waals surface area contributed by atoms with E-state index in [1.165, 1.54) is 0 Å². The van der Waals surface area contributed by atoms with Gasteiger partial charge in [0, 0.05) is 24.4 Å². The second-order valence-corrected chi connectivity index (χ2v) is 7.44. The Labute approximate surface area is 189 Å². The molecule has 0 saturated carbocycles. The third-order valence-corrected chi connectivity index (χ3v) is 4.99. The first kappa shape index (κ1) is 23.5. The van der Waals surface area contributed by atoms with Gasteiger partial charge in [0.15, 0.2) is 5.82 Å². The van der Waals surface area contributed by atoms with Crippen LogP contribution in [0.5, 0.6) is 6.01 Å². The van der Waals surface area contributed by atoms with E-state index in [9.17, 15) is 5.11 Å². The predicted octanol–water partition coefficient (Wildman–Crippen LogP) is 4.40. The highest BCUT2D eigenvalue weighted by Crippen LogP contribution is 2.26. The molecule has 1 heterocycles. The number of hydrogen-bond donors (Lipinski definition) is 2. The summed E-state index contributed by atoms with van der Waals surface area (Å²) < 4.78 is 12.8. The van der Waals surface area contributed by atoms with Crippen molar-refractivity contribution in [1.29, 1.82) is 0 Å². The van der Waals surface area contributed by atoms with E-state index in [2.05, 4.69) is 35.0 Å². The van der Waals surface area contributed by atoms with Gasteiger partial charge in [-0.2, -0.15) is 4.98 Å². The zero-order chi connectivity index (χ0) is 22.8. The number of aliphatic hydroxyl groups excluding tert-OH is 1. The van der Waals surface area contributed by atoms with Gasteiger partial charge in [-0.05, 0) is 56.5 Å². The van der Waals surface area contributed by atoms with Crippen LogP contribution in [0.25, 0.3) is 17.1 Å². The molecule has 0 unspecified atom stereocenters. The van der Waals surface area contributed by atoms with E-state index < -0.39 is 6.10 Å². The molecular formula is C25H32N4O3. The van der Waals surface area contributed by atoms with Crippen molar-refractivity contribution in [3.05, 3.63) is 66.7 Å². The van der Waals surface area contributed by atoms with Gasteiger partial charge in [0.2, 0.25) is 0 Å². The third kappa shape index (κ3) is 6.42. The minimum Gasteiger partial charge on any atom is -0.460 e. The summed E-state index contributed by atoms with van der Waals surface area (Å²) in [6, 6.07) is 16.3. The number of nitrogens with zero attached hydrogens (tertiary/aromatic N) is 3. The Morgan fingerprint density at radius 1 is 1.16 bits per heavy atom. The van der Waals surface area contributed by atoms with Crippen molar-refractivity contribution in [3.63, 3.8) is 0 Å². The molecule has 170 valence electrons. The van der Waals surface area contributed by atoms with E-state index in [-0.39, 0.29) is 0 Å².